The molecule has 0 aromatic carbocycles. The fourth-order valence-electron chi connectivity index (χ4n) is 4.21. The molecule has 4 atom stereocenters. The highest BCUT2D eigenvalue weighted by Crippen LogP contribution is 2.42. The van der Waals surface area contributed by atoms with Gasteiger partial charge >= 0.3 is 6.09 Å². The maximum atomic E-state index is 12.1. The molecule has 2 fully saturated rings. The van der Waals surface area contributed by atoms with Crippen LogP contribution in [0.1, 0.15) is 46.0 Å². The predicted octanol–water partition coefficient (Wildman–Crippen LogP) is 2.69. The minimum absolute atomic E-state index is 0.0916. The molecule has 1 amide bonds. The molecule has 4 nitrogen and oxygen atoms in total. The van der Waals surface area contributed by atoms with Gasteiger partial charge in [0.05, 0.1) is 6.61 Å². The summed E-state index contributed by atoms with van der Waals surface area (Å²) in [5.41, 5.74) is 1.62. The highest BCUT2D eigenvalue weighted by molar-refractivity contribution is 5.69. The molecule has 0 saturated carbocycles. The van der Waals surface area contributed by atoms with Crippen LogP contribution in [0, 0.1) is 5.92 Å². The minimum atomic E-state index is -0.0916. The fourth-order valence-corrected chi connectivity index (χ4v) is 4.21. The molecular weight excluding hydrogens is 252 g/mol. The molecule has 2 saturated heterocycles. The van der Waals surface area contributed by atoms with E-state index in [1.54, 1.807) is 5.57 Å². The summed E-state index contributed by atoms with van der Waals surface area (Å²) in [6.07, 6.45) is 8.03. The Hall–Kier alpha value is -1.03. The van der Waals surface area contributed by atoms with Crippen LogP contribution in [-0.4, -0.2) is 42.3 Å². The Labute approximate surface area is 121 Å². The number of amides is 1. The minimum Gasteiger partial charge on any atom is -0.450 e. The number of nitrogens with zero attached hydrogens (tertiary/aromatic N) is 1. The predicted molar refractivity (Wildman–Crippen MR) is 78.6 cm³/mol. The topological polar surface area (TPSA) is 41.6 Å². The highest BCUT2D eigenvalue weighted by Gasteiger charge is 2.44. The maximum Gasteiger partial charge on any atom is 0.410 e. The van der Waals surface area contributed by atoms with E-state index in [9.17, 15) is 4.79 Å². The van der Waals surface area contributed by atoms with Gasteiger partial charge in [0.2, 0.25) is 0 Å². The van der Waals surface area contributed by atoms with Gasteiger partial charge in [0, 0.05) is 24.7 Å². The Morgan fingerprint density at radius 2 is 2.10 bits per heavy atom. The van der Waals surface area contributed by atoms with Gasteiger partial charge in [0.25, 0.3) is 0 Å². The number of nitrogens with one attached hydrogen (secondary N) is 1. The van der Waals surface area contributed by atoms with Crippen LogP contribution in [0.3, 0.4) is 0 Å². The first kappa shape index (κ1) is 13.9. The Morgan fingerprint density at radius 3 is 2.70 bits per heavy atom. The molecule has 1 unspecified atom stereocenters. The van der Waals surface area contributed by atoms with Crippen molar-refractivity contribution in [2.75, 3.05) is 13.2 Å². The third kappa shape index (κ3) is 2.58. The van der Waals surface area contributed by atoms with Gasteiger partial charge in [-0.1, -0.05) is 11.6 Å². The summed E-state index contributed by atoms with van der Waals surface area (Å²) in [6, 6.07) is 1.41. The van der Waals surface area contributed by atoms with E-state index < -0.39 is 0 Å². The molecule has 0 radical (unpaired) electrons. The highest BCUT2D eigenvalue weighted by atomic mass is 16.6. The number of rotatable bonds is 2. The molecule has 0 aliphatic carbocycles. The number of hydrogen-bond acceptors (Lipinski definition) is 3. The summed E-state index contributed by atoms with van der Waals surface area (Å²) < 4.78 is 5.22. The van der Waals surface area contributed by atoms with Crippen molar-refractivity contribution >= 4 is 6.09 Å². The second kappa shape index (κ2) is 5.76. The summed E-state index contributed by atoms with van der Waals surface area (Å²) in [7, 11) is 0. The Kier molecular flexibility index (Phi) is 4.01. The normalized spacial score (nSPS) is 36.7. The largest absolute Gasteiger partial charge is 0.450 e. The van der Waals surface area contributed by atoms with Gasteiger partial charge in [0.15, 0.2) is 0 Å². The van der Waals surface area contributed by atoms with Crippen molar-refractivity contribution in [3.05, 3.63) is 11.6 Å². The number of ether oxygens (including phenoxy) is 1. The van der Waals surface area contributed by atoms with E-state index in [-0.39, 0.29) is 6.09 Å². The van der Waals surface area contributed by atoms with Crippen LogP contribution in [0.4, 0.5) is 4.79 Å². The van der Waals surface area contributed by atoms with Crippen LogP contribution in [0.2, 0.25) is 0 Å². The third-order valence-electron chi connectivity index (χ3n) is 5.11. The van der Waals surface area contributed by atoms with Crippen molar-refractivity contribution in [2.45, 2.75) is 64.1 Å². The second-order valence-corrected chi connectivity index (χ2v) is 6.45. The van der Waals surface area contributed by atoms with Crippen molar-refractivity contribution < 1.29 is 9.53 Å². The van der Waals surface area contributed by atoms with Crippen molar-refractivity contribution in [3.63, 3.8) is 0 Å². The maximum absolute atomic E-state index is 12.1. The SMILES string of the molecule is CCOC(=O)N1[C@@H]2CC[C@H]1CC(C1=CCN[C@@H](C)C1)C2. The van der Waals surface area contributed by atoms with Crippen molar-refractivity contribution in [1.82, 2.24) is 10.2 Å². The van der Waals surface area contributed by atoms with Gasteiger partial charge in [-0.05, 0) is 51.9 Å². The van der Waals surface area contributed by atoms with Crippen LogP contribution in [0.25, 0.3) is 0 Å². The van der Waals surface area contributed by atoms with Crippen LogP contribution in [0.15, 0.2) is 11.6 Å². The molecular formula is C16H26N2O2. The first-order valence-corrected chi connectivity index (χ1v) is 8.06. The molecule has 0 spiro atoms. The average molecular weight is 278 g/mol. The zero-order valence-electron chi connectivity index (χ0n) is 12.6. The molecule has 1 N–H and O–H groups in total. The molecule has 0 aromatic heterocycles. The number of carbonyl (C=O) groups is 1. The van der Waals surface area contributed by atoms with Crippen LogP contribution in [-0.2, 0) is 4.74 Å². The van der Waals surface area contributed by atoms with Gasteiger partial charge in [-0.2, -0.15) is 0 Å². The first-order valence-electron chi connectivity index (χ1n) is 8.06. The summed E-state index contributed by atoms with van der Waals surface area (Å²) >= 11 is 0. The smallest absolute Gasteiger partial charge is 0.410 e. The molecule has 3 aliphatic heterocycles. The molecule has 3 aliphatic rings. The summed E-state index contributed by atoms with van der Waals surface area (Å²) in [5.74, 6) is 0.683. The van der Waals surface area contributed by atoms with E-state index in [0.717, 1.165) is 32.2 Å². The van der Waals surface area contributed by atoms with E-state index in [1.807, 2.05) is 11.8 Å². The number of carbonyl (C=O) groups excluding carboxylic acids is 1. The summed E-state index contributed by atoms with van der Waals surface area (Å²) in [6.45, 7) is 5.62. The van der Waals surface area contributed by atoms with E-state index in [4.69, 9.17) is 4.74 Å². The van der Waals surface area contributed by atoms with Crippen molar-refractivity contribution in [3.8, 4) is 0 Å². The lowest BCUT2D eigenvalue weighted by atomic mass is 9.81. The third-order valence-corrected chi connectivity index (χ3v) is 5.11. The van der Waals surface area contributed by atoms with Gasteiger partial charge < -0.3 is 15.0 Å². The van der Waals surface area contributed by atoms with Gasteiger partial charge in [0.1, 0.15) is 0 Å². The van der Waals surface area contributed by atoms with Crippen LogP contribution < -0.4 is 5.32 Å². The lowest BCUT2D eigenvalue weighted by molar-refractivity contribution is 0.0641. The average Bonchev–Trinajstić information content (AvgIpc) is 2.70. The van der Waals surface area contributed by atoms with Gasteiger partial charge in [-0.25, -0.2) is 4.79 Å². The standard InChI is InChI=1S/C16H26N2O2/c1-3-20-16(19)18-14-4-5-15(18)10-13(9-14)12-6-7-17-11(2)8-12/h6,11,13-15,17H,3-5,7-10H2,1-2H3/t11-,13?,14-,15+/m0/s1. The van der Waals surface area contributed by atoms with E-state index in [0.29, 0.717) is 30.7 Å². The number of piperidine rings is 1. The van der Waals surface area contributed by atoms with Gasteiger partial charge in [-0.15, -0.1) is 0 Å². The van der Waals surface area contributed by atoms with Crippen molar-refractivity contribution in [2.24, 2.45) is 5.92 Å². The fraction of sp³-hybridized carbons (Fsp3) is 0.812. The number of hydrogen-bond donors (Lipinski definition) is 1. The summed E-state index contributed by atoms with van der Waals surface area (Å²) in [4.78, 5) is 14.1. The molecule has 3 heterocycles. The summed E-state index contributed by atoms with van der Waals surface area (Å²) in [5, 5.41) is 3.47. The Balaban J connectivity index is 1.67. The Morgan fingerprint density at radius 1 is 1.40 bits per heavy atom. The molecule has 3 rings (SSSR count). The first-order chi connectivity index (χ1) is 9.69. The molecule has 0 aromatic rings. The van der Waals surface area contributed by atoms with E-state index in [1.165, 1.54) is 6.42 Å². The van der Waals surface area contributed by atoms with Crippen molar-refractivity contribution in [1.29, 1.82) is 0 Å². The zero-order chi connectivity index (χ0) is 14.1. The molecule has 2 bridgehead atoms. The number of fused-ring (bicyclic) bond motifs is 2. The molecule has 112 valence electrons. The quantitative estimate of drug-likeness (QED) is 0.790. The lowest BCUT2D eigenvalue weighted by Crippen LogP contribution is -2.47. The lowest BCUT2D eigenvalue weighted by Gasteiger charge is -2.40. The zero-order valence-corrected chi connectivity index (χ0v) is 12.6. The van der Waals surface area contributed by atoms with E-state index in [2.05, 4.69) is 18.3 Å². The van der Waals surface area contributed by atoms with E-state index >= 15 is 0 Å². The molecule has 4 heteroatoms. The van der Waals surface area contributed by atoms with Crippen LogP contribution in [0.5, 0.6) is 0 Å². The van der Waals surface area contributed by atoms with Gasteiger partial charge in [-0.3, -0.25) is 0 Å². The second-order valence-electron chi connectivity index (χ2n) is 6.45. The molecule has 20 heavy (non-hydrogen) atoms. The van der Waals surface area contributed by atoms with Crippen LogP contribution >= 0.6 is 0 Å². The Bertz CT molecular complexity index is 393. The monoisotopic (exact) mass is 278 g/mol.